The van der Waals surface area contributed by atoms with Gasteiger partial charge in [-0.25, -0.2) is 4.39 Å². The van der Waals surface area contributed by atoms with Gasteiger partial charge in [0, 0.05) is 23.6 Å². The smallest absolute Gasteiger partial charge is 0.220 e. The van der Waals surface area contributed by atoms with Crippen molar-refractivity contribution in [1.29, 1.82) is 0 Å². The van der Waals surface area contributed by atoms with E-state index < -0.39 is 0 Å². The van der Waals surface area contributed by atoms with E-state index in [1.165, 1.54) is 22.1 Å². The highest BCUT2D eigenvalue weighted by atomic mass is 32.2. The van der Waals surface area contributed by atoms with E-state index in [9.17, 15) is 9.18 Å². The molecule has 0 saturated heterocycles. The molecule has 0 radical (unpaired) electrons. The van der Waals surface area contributed by atoms with E-state index in [1.54, 1.807) is 30.0 Å². The lowest BCUT2D eigenvalue weighted by atomic mass is 10.1. The summed E-state index contributed by atoms with van der Waals surface area (Å²) in [6, 6.07) is 13.0. The third kappa shape index (κ3) is 5.71. The minimum atomic E-state index is -0.245. The first kappa shape index (κ1) is 17.5. The Labute approximate surface area is 141 Å². The molecule has 4 heteroatoms. The zero-order valence-corrected chi connectivity index (χ0v) is 14.4. The molecule has 0 spiro atoms. The van der Waals surface area contributed by atoms with Crippen LogP contribution in [0.15, 0.2) is 47.4 Å². The number of thioether (sulfide) groups is 1. The van der Waals surface area contributed by atoms with Crippen molar-refractivity contribution in [2.75, 3.05) is 12.3 Å². The number of amides is 1. The fourth-order valence-electron chi connectivity index (χ4n) is 2.20. The van der Waals surface area contributed by atoms with E-state index in [1.807, 2.05) is 0 Å². The summed E-state index contributed by atoms with van der Waals surface area (Å²) < 4.78 is 13.5. The number of nitrogens with one attached hydrogen (secondary N) is 1. The number of hydrogen-bond acceptors (Lipinski definition) is 2. The van der Waals surface area contributed by atoms with E-state index in [0.29, 0.717) is 24.9 Å². The van der Waals surface area contributed by atoms with E-state index >= 15 is 0 Å². The molecule has 0 saturated carbocycles. The van der Waals surface area contributed by atoms with Crippen molar-refractivity contribution < 1.29 is 9.18 Å². The van der Waals surface area contributed by atoms with Gasteiger partial charge in [0.1, 0.15) is 5.82 Å². The molecular weight excluding hydrogens is 309 g/mol. The second-order valence-corrected chi connectivity index (χ2v) is 6.70. The predicted octanol–water partition coefficient (Wildman–Crippen LogP) is 4.28. The highest BCUT2D eigenvalue weighted by molar-refractivity contribution is 7.99. The third-order valence-corrected chi connectivity index (χ3v) is 4.75. The Morgan fingerprint density at radius 2 is 1.91 bits per heavy atom. The first-order valence-corrected chi connectivity index (χ1v) is 8.75. The number of carbonyl (C=O) groups excluding carboxylic acids is 1. The largest absolute Gasteiger partial charge is 0.355 e. The molecule has 2 rings (SSSR count). The summed E-state index contributed by atoms with van der Waals surface area (Å²) in [4.78, 5) is 13.0. The van der Waals surface area contributed by atoms with Gasteiger partial charge < -0.3 is 5.32 Å². The summed E-state index contributed by atoms with van der Waals surface area (Å²) in [7, 11) is 0. The Kier molecular flexibility index (Phi) is 6.66. The molecule has 122 valence electrons. The van der Waals surface area contributed by atoms with Crippen LogP contribution in [0.25, 0.3) is 0 Å². The Balaban J connectivity index is 1.67. The van der Waals surface area contributed by atoms with Crippen molar-refractivity contribution in [3.8, 4) is 0 Å². The lowest BCUT2D eigenvalue weighted by Crippen LogP contribution is -2.26. The van der Waals surface area contributed by atoms with Crippen LogP contribution in [0, 0.1) is 19.7 Å². The van der Waals surface area contributed by atoms with Crippen molar-refractivity contribution in [3.63, 3.8) is 0 Å². The second kappa shape index (κ2) is 8.73. The minimum Gasteiger partial charge on any atom is -0.355 e. The van der Waals surface area contributed by atoms with E-state index in [4.69, 9.17) is 0 Å². The van der Waals surface area contributed by atoms with Crippen LogP contribution in [-0.2, 0) is 11.2 Å². The molecule has 2 aromatic rings. The molecule has 23 heavy (non-hydrogen) atoms. The van der Waals surface area contributed by atoms with Gasteiger partial charge in [0.15, 0.2) is 0 Å². The van der Waals surface area contributed by atoms with Gasteiger partial charge in [-0.15, -0.1) is 11.8 Å². The normalized spacial score (nSPS) is 10.6. The Morgan fingerprint density at radius 1 is 1.13 bits per heavy atom. The summed E-state index contributed by atoms with van der Waals surface area (Å²) in [5.41, 5.74) is 3.16. The van der Waals surface area contributed by atoms with Crippen molar-refractivity contribution >= 4 is 17.7 Å². The predicted molar refractivity (Wildman–Crippen MR) is 94.4 cm³/mol. The first-order valence-electron chi connectivity index (χ1n) is 7.76. The van der Waals surface area contributed by atoms with Crippen LogP contribution in [0.2, 0.25) is 0 Å². The average Bonchev–Trinajstić information content (AvgIpc) is 2.54. The van der Waals surface area contributed by atoms with Gasteiger partial charge in [-0.3, -0.25) is 4.79 Å². The standard InChI is InChI=1S/C19H22FNOS/c1-14-7-9-17(13-15(14)2)23-12-11-21-19(22)10-8-16-5-3-4-6-18(16)20/h3-7,9,13H,8,10-12H2,1-2H3,(H,21,22). The molecular formula is C19H22FNOS. The van der Waals surface area contributed by atoms with E-state index in [-0.39, 0.29) is 11.7 Å². The number of hydrogen-bond donors (Lipinski definition) is 1. The molecule has 0 fully saturated rings. The first-order chi connectivity index (χ1) is 11.1. The highest BCUT2D eigenvalue weighted by Gasteiger charge is 2.05. The van der Waals surface area contributed by atoms with Crippen LogP contribution in [0.4, 0.5) is 4.39 Å². The van der Waals surface area contributed by atoms with Crippen LogP contribution in [0.3, 0.4) is 0 Å². The zero-order chi connectivity index (χ0) is 16.7. The van der Waals surface area contributed by atoms with Gasteiger partial charge in [-0.05, 0) is 55.2 Å². The molecule has 0 unspecified atom stereocenters. The van der Waals surface area contributed by atoms with Crippen LogP contribution < -0.4 is 5.32 Å². The maximum absolute atomic E-state index is 13.5. The third-order valence-electron chi connectivity index (χ3n) is 3.75. The number of carbonyl (C=O) groups is 1. The quantitative estimate of drug-likeness (QED) is 0.606. The van der Waals surface area contributed by atoms with Gasteiger partial charge in [0.25, 0.3) is 0 Å². The molecule has 2 nitrogen and oxygen atoms in total. The second-order valence-electron chi connectivity index (χ2n) is 5.54. The van der Waals surface area contributed by atoms with Crippen molar-refractivity contribution in [3.05, 3.63) is 65.0 Å². The maximum Gasteiger partial charge on any atom is 0.220 e. The lowest BCUT2D eigenvalue weighted by molar-refractivity contribution is -0.120. The molecule has 0 atom stereocenters. The number of aryl methyl sites for hydroxylation is 3. The monoisotopic (exact) mass is 331 g/mol. The average molecular weight is 331 g/mol. The molecule has 0 aliphatic heterocycles. The number of halogens is 1. The fraction of sp³-hybridized carbons (Fsp3) is 0.316. The lowest BCUT2D eigenvalue weighted by Gasteiger charge is -2.07. The minimum absolute atomic E-state index is 0.0334. The van der Waals surface area contributed by atoms with Crippen molar-refractivity contribution in [1.82, 2.24) is 5.32 Å². The van der Waals surface area contributed by atoms with E-state index in [2.05, 4.69) is 37.4 Å². The van der Waals surface area contributed by atoms with Gasteiger partial charge in [-0.1, -0.05) is 24.3 Å². The highest BCUT2D eigenvalue weighted by Crippen LogP contribution is 2.20. The van der Waals surface area contributed by atoms with Crippen LogP contribution in [-0.4, -0.2) is 18.2 Å². The molecule has 0 heterocycles. The SMILES string of the molecule is Cc1ccc(SCCNC(=O)CCc2ccccc2F)cc1C. The molecule has 0 aliphatic rings. The topological polar surface area (TPSA) is 29.1 Å². The van der Waals surface area contributed by atoms with Crippen LogP contribution >= 0.6 is 11.8 Å². The Morgan fingerprint density at radius 3 is 2.65 bits per heavy atom. The molecule has 0 aliphatic carbocycles. The molecule has 0 bridgehead atoms. The summed E-state index contributed by atoms with van der Waals surface area (Å²) in [5.74, 6) is 0.549. The summed E-state index contributed by atoms with van der Waals surface area (Å²) in [6.07, 6.45) is 0.748. The number of rotatable bonds is 7. The Hall–Kier alpha value is -1.81. The molecule has 2 aromatic carbocycles. The summed E-state index contributed by atoms with van der Waals surface area (Å²) >= 11 is 1.73. The van der Waals surface area contributed by atoms with Crippen molar-refractivity contribution in [2.24, 2.45) is 0 Å². The van der Waals surface area contributed by atoms with Crippen LogP contribution in [0.1, 0.15) is 23.1 Å². The van der Waals surface area contributed by atoms with Gasteiger partial charge >= 0.3 is 0 Å². The van der Waals surface area contributed by atoms with Crippen LogP contribution in [0.5, 0.6) is 0 Å². The fourth-order valence-corrected chi connectivity index (χ4v) is 3.06. The van der Waals surface area contributed by atoms with Gasteiger partial charge in [0.2, 0.25) is 5.91 Å². The van der Waals surface area contributed by atoms with Gasteiger partial charge in [0.05, 0.1) is 0 Å². The molecule has 0 aromatic heterocycles. The van der Waals surface area contributed by atoms with Crippen molar-refractivity contribution in [2.45, 2.75) is 31.6 Å². The number of benzene rings is 2. The van der Waals surface area contributed by atoms with E-state index in [0.717, 1.165) is 5.75 Å². The van der Waals surface area contributed by atoms with Gasteiger partial charge in [-0.2, -0.15) is 0 Å². The maximum atomic E-state index is 13.5. The summed E-state index contributed by atoms with van der Waals surface area (Å²) in [6.45, 7) is 4.82. The zero-order valence-electron chi connectivity index (χ0n) is 13.6. The molecule has 1 amide bonds. The Bertz CT molecular complexity index is 672. The summed E-state index contributed by atoms with van der Waals surface area (Å²) in [5, 5.41) is 2.89. The molecule has 1 N–H and O–H groups in total.